The van der Waals surface area contributed by atoms with Crippen LogP contribution < -0.4 is 10.2 Å². The largest absolute Gasteiger partial charge is 0.355 e. The standard InChI is InChI=1S/C15H24N6/c1-4-16-15-19-13-12(17-9-18-13)14(20-15)21(3)11-7-5-6-10(2)8-11/h9-11H,4-8H2,1-3H3,(H2,16,17,18,19,20). The van der Waals surface area contributed by atoms with Gasteiger partial charge in [-0.25, -0.2) is 4.98 Å². The highest BCUT2D eigenvalue weighted by atomic mass is 15.3. The predicted molar refractivity (Wildman–Crippen MR) is 85.7 cm³/mol. The molecular weight excluding hydrogens is 264 g/mol. The lowest BCUT2D eigenvalue weighted by atomic mass is 9.86. The molecule has 0 bridgehead atoms. The fourth-order valence-corrected chi connectivity index (χ4v) is 3.24. The minimum Gasteiger partial charge on any atom is -0.355 e. The second-order valence-electron chi connectivity index (χ2n) is 6.04. The second kappa shape index (κ2) is 5.87. The summed E-state index contributed by atoms with van der Waals surface area (Å²) in [6, 6.07) is 0.546. The third-order valence-electron chi connectivity index (χ3n) is 4.39. The summed E-state index contributed by atoms with van der Waals surface area (Å²) in [6.07, 6.45) is 6.79. The van der Waals surface area contributed by atoms with Crippen LogP contribution in [-0.4, -0.2) is 39.6 Å². The number of hydrogen-bond acceptors (Lipinski definition) is 5. The molecule has 2 aromatic heterocycles. The molecule has 0 spiro atoms. The maximum atomic E-state index is 4.70. The molecule has 1 aliphatic rings. The van der Waals surface area contributed by atoms with Gasteiger partial charge in [-0.1, -0.05) is 19.8 Å². The topological polar surface area (TPSA) is 69.7 Å². The number of anilines is 2. The summed E-state index contributed by atoms with van der Waals surface area (Å²) in [5.41, 5.74) is 1.66. The van der Waals surface area contributed by atoms with Gasteiger partial charge in [0, 0.05) is 19.6 Å². The highest BCUT2D eigenvalue weighted by Crippen LogP contribution is 2.31. The Morgan fingerprint density at radius 3 is 3.00 bits per heavy atom. The summed E-state index contributed by atoms with van der Waals surface area (Å²) in [5, 5.41) is 3.19. The van der Waals surface area contributed by atoms with Gasteiger partial charge in [0.15, 0.2) is 11.5 Å². The molecular formula is C15H24N6. The zero-order valence-corrected chi connectivity index (χ0v) is 13.1. The first-order valence-corrected chi connectivity index (χ1v) is 7.86. The van der Waals surface area contributed by atoms with Crippen LogP contribution in [0, 0.1) is 5.92 Å². The maximum Gasteiger partial charge on any atom is 0.226 e. The molecule has 3 rings (SSSR count). The fourth-order valence-electron chi connectivity index (χ4n) is 3.24. The molecule has 2 aromatic rings. The number of hydrogen-bond donors (Lipinski definition) is 2. The van der Waals surface area contributed by atoms with Crippen molar-refractivity contribution >= 4 is 22.9 Å². The van der Waals surface area contributed by atoms with E-state index in [1.807, 2.05) is 6.92 Å². The van der Waals surface area contributed by atoms with Crippen LogP contribution in [0.15, 0.2) is 6.33 Å². The van der Waals surface area contributed by atoms with Gasteiger partial charge in [0.05, 0.1) is 6.33 Å². The van der Waals surface area contributed by atoms with E-state index in [2.05, 4.69) is 39.1 Å². The van der Waals surface area contributed by atoms with Crippen molar-refractivity contribution in [3.8, 4) is 0 Å². The Kier molecular flexibility index (Phi) is 3.94. The highest BCUT2D eigenvalue weighted by Gasteiger charge is 2.25. The molecule has 2 unspecified atom stereocenters. The van der Waals surface area contributed by atoms with Crippen LogP contribution >= 0.6 is 0 Å². The monoisotopic (exact) mass is 288 g/mol. The number of aromatic amines is 1. The van der Waals surface area contributed by atoms with Gasteiger partial charge in [0.25, 0.3) is 0 Å². The van der Waals surface area contributed by atoms with Crippen LogP contribution in [0.1, 0.15) is 39.5 Å². The Labute approximate surface area is 125 Å². The third-order valence-corrected chi connectivity index (χ3v) is 4.39. The molecule has 1 aliphatic carbocycles. The van der Waals surface area contributed by atoms with Gasteiger partial charge in [-0.05, 0) is 25.7 Å². The quantitative estimate of drug-likeness (QED) is 0.905. The summed E-state index contributed by atoms with van der Waals surface area (Å²) in [6.45, 7) is 5.19. The Morgan fingerprint density at radius 1 is 1.38 bits per heavy atom. The lowest BCUT2D eigenvalue weighted by Gasteiger charge is -2.35. The van der Waals surface area contributed by atoms with E-state index in [0.29, 0.717) is 12.0 Å². The van der Waals surface area contributed by atoms with E-state index < -0.39 is 0 Å². The van der Waals surface area contributed by atoms with Crippen LogP contribution in [0.4, 0.5) is 11.8 Å². The average Bonchev–Trinajstić information content (AvgIpc) is 2.94. The number of imidazole rings is 1. The van der Waals surface area contributed by atoms with Crippen molar-refractivity contribution in [1.82, 2.24) is 19.9 Å². The summed E-state index contributed by atoms with van der Waals surface area (Å²) in [4.78, 5) is 18.9. The molecule has 2 atom stereocenters. The van der Waals surface area contributed by atoms with E-state index in [-0.39, 0.29) is 0 Å². The zero-order valence-electron chi connectivity index (χ0n) is 13.1. The van der Waals surface area contributed by atoms with E-state index in [4.69, 9.17) is 4.98 Å². The van der Waals surface area contributed by atoms with Crippen molar-refractivity contribution in [2.75, 3.05) is 23.8 Å². The summed E-state index contributed by atoms with van der Waals surface area (Å²) >= 11 is 0. The van der Waals surface area contributed by atoms with Crippen molar-refractivity contribution in [2.45, 2.75) is 45.6 Å². The average molecular weight is 288 g/mol. The minimum atomic E-state index is 0.546. The van der Waals surface area contributed by atoms with Crippen molar-refractivity contribution in [3.63, 3.8) is 0 Å². The summed E-state index contributed by atoms with van der Waals surface area (Å²) in [5.74, 6) is 2.40. The molecule has 0 aliphatic heterocycles. The third kappa shape index (κ3) is 2.80. The van der Waals surface area contributed by atoms with Gasteiger partial charge in [-0.15, -0.1) is 0 Å². The first-order valence-electron chi connectivity index (χ1n) is 7.86. The highest BCUT2D eigenvalue weighted by molar-refractivity contribution is 5.84. The van der Waals surface area contributed by atoms with Crippen molar-refractivity contribution in [1.29, 1.82) is 0 Å². The van der Waals surface area contributed by atoms with Gasteiger partial charge in [0.2, 0.25) is 5.95 Å². The first kappa shape index (κ1) is 14.1. The van der Waals surface area contributed by atoms with Crippen LogP contribution in [0.25, 0.3) is 11.2 Å². The number of H-pyrrole nitrogens is 1. The molecule has 0 saturated heterocycles. The Bertz CT molecular complexity index is 607. The first-order chi connectivity index (χ1) is 10.2. The summed E-state index contributed by atoms with van der Waals surface area (Å²) in [7, 11) is 2.14. The summed E-state index contributed by atoms with van der Waals surface area (Å²) < 4.78 is 0. The van der Waals surface area contributed by atoms with E-state index in [0.717, 1.165) is 29.4 Å². The Balaban J connectivity index is 1.95. The van der Waals surface area contributed by atoms with E-state index in [1.54, 1.807) is 6.33 Å². The Morgan fingerprint density at radius 2 is 2.24 bits per heavy atom. The molecule has 6 nitrogen and oxygen atoms in total. The number of aromatic nitrogens is 4. The molecule has 6 heteroatoms. The van der Waals surface area contributed by atoms with Crippen molar-refractivity contribution < 1.29 is 0 Å². The Hall–Kier alpha value is -1.85. The molecule has 0 aromatic carbocycles. The molecule has 2 heterocycles. The number of nitrogens with zero attached hydrogens (tertiary/aromatic N) is 4. The minimum absolute atomic E-state index is 0.546. The lowest BCUT2D eigenvalue weighted by Crippen LogP contribution is -2.36. The second-order valence-corrected chi connectivity index (χ2v) is 6.04. The van der Waals surface area contributed by atoms with Crippen molar-refractivity contribution in [3.05, 3.63) is 6.33 Å². The number of fused-ring (bicyclic) bond motifs is 1. The molecule has 2 N–H and O–H groups in total. The zero-order chi connectivity index (χ0) is 14.8. The van der Waals surface area contributed by atoms with Crippen LogP contribution in [0.2, 0.25) is 0 Å². The smallest absolute Gasteiger partial charge is 0.226 e. The van der Waals surface area contributed by atoms with Gasteiger partial charge in [0.1, 0.15) is 5.52 Å². The van der Waals surface area contributed by atoms with Gasteiger partial charge >= 0.3 is 0 Å². The molecule has 114 valence electrons. The maximum absolute atomic E-state index is 4.70. The van der Waals surface area contributed by atoms with Crippen molar-refractivity contribution in [2.24, 2.45) is 5.92 Å². The molecule has 1 saturated carbocycles. The molecule has 1 fully saturated rings. The van der Waals surface area contributed by atoms with Gasteiger partial charge in [-0.2, -0.15) is 9.97 Å². The fraction of sp³-hybridized carbons (Fsp3) is 0.667. The van der Waals surface area contributed by atoms with E-state index in [9.17, 15) is 0 Å². The van der Waals surface area contributed by atoms with Crippen LogP contribution in [-0.2, 0) is 0 Å². The van der Waals surface area contributed by atoms with Gasteiger partial charge in [-0.3, -0.25) is 0 Å². The lowest BCUT2D eigenvalue weighted by molar-refractivity contribution is 0.336. The van der Waals surface area contributed by atoms with Gasteiger partial charge < -0.3 is 15.2 Å². The number of rotatable bonds is 4. The normalized spacial score (nSPS) is 22.4. The molecule has 21 heavy (non-hydrogen) atoms. The van der Waals surface area contributed by atoms with E-state index >= 15 is 0 Å². The van der Waals surface area contributed by atoms with Crippen LogP contribution in [0.3, 0.4) is 0 Å². The van der Waals surface area contributed by atoms with E-state index in [1.165, 1.54) is 25.7 Å². The SMILES string of the molecule is CCNc1nc(N(C)C2CCCC(C)C2)c2[nH]cnc2n1. The van der Waals surface area contributed by atoms with Crippen LogP contribution in [0.5, 0.6) is 0 Å². The molecule has 0 radical (unpaired) electrons. The molecule has 0 amide bonds. The predicted octanol–water partition coefficient (Wildman–Crippen LogP) is 2.80. The number of nitrogens with one attached hydrogen (secondary N) is 2.